The Bertz CT molecular complexity index is 1030. The van der Waals surface area contributed by atoms with Crippen molar-refractivity contribution in [3.63, 3.8) is 0 Å². The second-order valence-corrected chi connectivity index (χ2v) is 11.1. The van der Waals surface area contributed by atoms with Crippen molar-refractivity contribution in [3.05, 3.63) is 34.4 Å². The van der Waals surface area contributed by atoms with Crippen LogP contribution in [-0.4, -0.2) is 60.7 Å². The summed E-state index contributed by atoms with van der Waals surface area (Å²) in [6.45, 7) is 0.795. The first-order valence-electron chi connectivity index (χ1n) is 12.4. The van der Waals surface area contributed by atoms with E-state index in [1.807, 2.05) is 0 Å². The van der Waals surface area contributed by atoms with Gasteiger partial charge in [0.1, 0.15) is 17.3 Å². The zero-order chi connectivity index (χ0) is 25.7. The first-order chi connectivity index (χ1) is 17.1. The predicted molar refractivity (Wildman–Crippen MR) is 123 cm³/mol. The van der Waals surface area contributed by atoms with Gasteiger partial charge >= 0.3 is 0 Å². The standard InChI is InChI=1S/C25H30ClF3N2O5/c26-14-1-2-15(27)19(20(14)28)21(24-3-5-25(29,12-24)6-4-24)31-22(33)13-9-16(17(32)10-13)30-23(34)18-11-35-7-8-36-18/h1-2,13,16-18,21,32H,3-12H2,(H,30,34)(H,31,33)/t13-,16+,17-,18+,21-,24?,25?/m1/s1. The Morgan fingerprint density at radius 3 is 2.50 bits per heavy atom. The van der Waals surface area contributed by atoms with Gasteiger partial charge in [0.25, 0.3) is 5.91 Å². The molecule has 2 bridgehead atoms. The van der Waals surface area contributed by atoms with Gasteiger partial charge in [-0.2, -0.15) is 0 Å². The summed E-state index contributed by atoms with van der Waals surface area (Å²) >= 11 is 5.96. The molecular formula is C25H30ClF3N2O5. The van der Waals surface area contributed by atoms with E-state index in [0.717, 1.165) is 12.1 Å². The number of aliphatic hydroxyl groups is 1. The number of benzene rings is 1. The number of carbonyl (C=O) groups is 2. The Balaban J connectivity index is 1.33. The molecule has 0 spiro atoms. The highest BCUT2D eigenvalue weighted by Gasteiger charge is 2.59. The van der Waals surface area contributed by atoms with E-state index >= 15 is 8.78 Å². The molecule has 1 aliphatic heterocycles. The molecule has 0 aromatic heterocycles. The minimum Gasteiger partial charge on any atom is -0.391 e. The summed E-state index contributed by atoms with van der Waals surface area (Å²) < 4.78 is 55.8. The summed E-state index contributed by atoms with van der Waals surface area (Å²) in [7, 11) is 0. The van der Waals surface area contributed by atoms with Crippen LogP contribution in [0, 0.1) is 23.0 Å². The average Bonchev–Trinajstić information content (AvgIpc) is 3.52. The SMILES string of the molecule is O=C(N[C@H](c1c(F)ccc(Cl)c1F)C12CCC(F)(CC1)C2)[C@H]1C[C@@H](O)[C@@H](NC(=O)[C@@H]2COCCO2)C1. The zero-order valence-electron chi connectivity index (χ0n) is 19.7. The fourth-order valence-corrected chi connectivity index (χ4v) is 6.63. The number of hydrogen-bond acceptors (Lipinski definition) is 5. The number of carbonyl (C=O) groups excluding carboxylic acids is 2. The third-order valence-electron chi connectivity index (χ3n) is 8.41. The minimum absolute atomic E-state index is 0.0616. The van der Waals surface area contributed by atoms with Crippen LogP contribution < -0.4 is 10.6 Å². The molecule has 3 aliphatic carbocycles. The molecule has 3 saturated carbocycles. The van der Waals surface area contributed by atoms with Crippen LogP contribution in [0.25, 0.3) is 0 Å². The summed E-state index contributed by atoms with van der Waals surface area (Å²) in [5.74, 6) is -3.48. The van der Waals surface area contributed by atoms with Gasteiger partial charge in [0.15, 0.2) is 6.10 Å². The molecule has 1 heterocycles. The second kappa shape index (κ2) is 9.78. The number of rotatable bonds is 6. The fourth-order valence-electron chi connectivity index (χ4n) is 6.47. The van der Waals surface area contributed by atoms with Gasteiger partial charge in [-0.1, -0.05) is 11.6 Å². The lowest BCUT2D eigenvalue weighted by Crippen LogP contribution is -2.49. The number of halogens is 4. The Morgan fingerprint density at radius 1 is 1.11 bits per heavy atom. The van der Waals surface area contributed by atoms with Crippen LogP contribution in [0.2, 0.25) is 5.02 Å². The number of amides is 2. The lowest BCUT2D eigenvalue weighted by molar-refractivity contribution is -0.148. The molecule has 3 N–H and O–H groups in total. The van der Waals surface area contributed by atoms with E-state index in [0.29, 0.717) is 19.4 Å². The monoisotopic (exact) mass is 530 g/mol. The molecule has 2 amide bonds. The maximum Gasteiger partial charge on any atom is 0.251 e. The third-order valence-corrected chi connectivity index (χ3v) is 8.71. The number of nitrogens with one attached hydrogen (secondary N) is 2. The number of hydrogen-bond donors (Lipinski definition) is 3. The van der Waals surface area contributed by atoms with Crippen LogP contribution >= 0.6 is 11.6 Å². The van der Waals surface area contributed by atoms with Crippen molar-refractivity contribution in [2.24, 2.45) is 11.3 Å². The minimum atomic E-state index is -1.40. The van der Waals surface area contributed by atoms with Crippen molar-refractivity contribution in [1.82, 2.24) is 10.6 Å². The lowest BCUT2D eigenvalue weighted by Gasteiger charge is -2.37. The molecule has 5 rings (SSSR count). The van der Waals surface area contributed by atoms with E-state index < -0.39 is 64.7 Å². The van der Waals surface area contributed by atoms with Gasteiger partial charge in [-0.05, 0) is 62.5 Å². The Hall–Kier alpha value is -1.88. The molecule has 4 fully saturated rings. The van der Waals surface area contributed by atoms with E-state index in [4.69, 9.17) is 21.1 Å². The van der Waals surface area contributed by atoms with Gasteiger partial charge in [-0.15, -0.1) is 0 Å². The van der Waals surface area contributed by atoms with E-state index in [1.165, 1.54) is 0 Å². The van der Waals surface area contributed by atoms with Gasteiger partial charge < -0.3 is 25.2 Å². The third kappa shape index (κ3) is 4.73. The molecular weight excluding hydrogens is 501 g/mol. The quantitative estimate of drug-likeness (QED) is 0.491. The largest absolute Gasteiger partial charge is 0.391 e. The summed E-state index contributed by atoms with van der Waals surface area (Å²) in [4.78, 5) is 25.8. The van der Waals surface area contributed by atoms with Crippen LogP contribution in [0.5, 0.6) is 0 Å². The molecule has 11 heteroatoms. The van der Waals surface area contributed by atoms with E-state index in [-0.39, 0.29) is 55.9 Å². The van der Waals surface area contributed by atoms with Crippen LogP contribution in [0.1, 0.15) is 56.6 Å². The summed E-state index contributed by atoms with van der Waals surface area (Å²) in [5, 5.41) is 15.8. The predicted octanol–water partition coefficient (Wildman–Crippen LogP) is 3.12. The lowest BCUT2D eigenvalue weighted by atomic mass is 9.74. The van der Waals surface area contributed by atoms with Crippen molar-refractivity contribution in [3.8, 4) is 0 Å². The van der Waals surface area contributed by atoms with Crippen LogP contribution in [-0.2, 0) is 19.1 Å². The Morgan fingerprint density at radius 2 is 1.86 bits per heavy atom. The smallest absolute Gasteiger partial charge is 0.251 e. The molecule has 1 aromatic rings. The van der Waals surface area contributed by atoms with Crippen LogP contribution in [0.4, 0.5) is 13.2 Å². The normalized spacial score (nSPS) is 36.6. The number of aliphatic hydroxyl groups excluding tert-OH is 1. The number of fused-ring (bicyclic) bond motifs is 2. The highest BCUT2D eigenvalue weighted by atomic mass is 35.5. The molecule has 0 unspecified atom stereocenters. The Kier molecular flexibility index (Phi) is 6.99. The maximum absolute atomic E-state index is 15.1. The van der Waals surface area contributed by atoms with Crippen molar-refractivity contribution in [2.45, 2.75) is 74.9 Å². The van der Waals surface area contributed by atoms with E-state index in [9.17, 15) is 19.1 Å². The highest BCUT2D eigenvalue weighted by molar-refractivity contribution is 6.30. The molecule has 0 radical (unpaired) electrons. The maximum atomic E-state index is 15.1. The van der Waals surface area contributed by atoms with Crippen molar-refractivity contribution in [1.29, 1.82) is 0 Å². The van der Waals surface area contributed by atoms with Gasteiger partial charge in [0.2, 0.25) is 5.91 Å². The number of ether oxygens (including phenoxy) is 2. The summed E-state index contributed by atoms with van der Waals surface area (Å²) in [6, 6.07) is 0.357. The summed E-state index contributed by atoms with van der Waals surface area (Å²) in [5.41, 5.74) is -2.60. The first-order valence-corrected chi connectivity index (χ1v) is 12.8. The van der Waals surface area contributed by atoms with E-state index in [2.05, 4.69) is 10.6 Å². The van der Waals surface area contributed by atoms with Crippen LogP contribution in [0.15, 0.2) is 12.1 Å². The van der Waals surface area contributed by atoms with Gasteiger partial charge in [0, 0.05) is 11.5 Å². The Labute approximate surface area is 212 Å². The molecule has 36 heavy (non-hydrogen) atoms. The van der Waals surface area contributed by atoms with Gasteiger partial charge in [0.05, 0.1) is 43.0 Å². The van der Waals surface area contributed by atoms with Gasteiger partial charge in [-0.25, -0.2) is 13.2 Å². The molecule has 4 aliphatic rings. The topological polar surface area (TPSA) is 96.9 Å². The molecule has 7 nitrogen and oxygen atoms in total. The van der Waals surface area contributed by atoms with Crippen molar-refractivity contribution >= 4 is 23.4 Å². The van der Waals surface area contributed by atoms with E-state index in [1.54, 1.807) is 0 Å². The average molecular weight is 531 g/mol. The van der Waals surface area contributed by atoms with Crippen LogP contribution in [0.3, 0.4) is 0 Å². The zero-order valence-corrected chi connectivity index (χ0v) is 20.5. The highest BCUT2D eigenvalue weighted by Crippen LogP contribution is 2.63. The first kappa shape index (κ1) is 25.8. The fraction of sp³-hybridized carbons (Fsp3) is 0.680. The molecule has 198 valence electrons. The summed E-state index contributed by atoms with van der Waals surface area (Å²) in [6.07, 6.45) is -0.162. The van der Waals surface area contributed by atoms with Crippen molar-refractivity contribution in [2.75, 3.05) is 19.8 Å². The molecule has 5 atom stereocenters. The van der Waals surface area contributed by atoms with Gasteiger partial charge in [-0.3, -0.25) is 9.59 Å². The molecule has 1 aromatic carbocycles. The van der Waals surface area contributed by atoms with Crippen molar-refractivity contribution < 1.29 is 37.3 Å². The molecule has 1 saturated heterocycles. The number of alkyl halides is 1. The second-order valence-electron chi connectivity index (χ2n) is 10.7.